The number of benzene rings is 1. The van der Waals surface area contributed by atoms with E-state index in [0.29, 0.717) is 11.1 Å². The number of aryl methyl sites for hydroxylation is 2. The fourth-order valence-corrected chi connectivity index (χ4v) is 2.72. The molecule has 2 aromatic rings. The van der Waals surface area contributed by atoms with E-state index in [-0.39, 0.29) is 23.7 Å². The predicted octanol–water partition coefficient (Wildman–Crippen LogP) is 2.78. The molecule has 0 radical (unpaired) electrons. The number of halogens is 3. The molecular weight excluding hydrogens is 403 g/mol. The van der Waals surface area contributed by atoms with Gasteiger partial charge in [-0.2, -0.15) is 18.3 Å². The summed E-state index contributed by atoms with van der Waals surface area (Å²) in [4.78, 5) is 22.3. The largest absolute Gasteiger partial charge is 0.435 e. The molecule has 11 heteroatoms. The van der Waals surface area contributed by atoms with Crippen LogP contribution in [0.5, 0.6) is 0 Å². The standard InChI is InChI=1S/C19H22F3N5O3/c1-11-7-6-8-13(17(26-29-5)18(28)23-3)14(11)10-30-25-12(2)15-9-16(19(20,21)22)24-27(15)4/h6-9H,10H2,1-5H3,(H,23,28)/b25-12+,26-17+. The number of amides is 1. The molecule has 1 aromatic carbocycles. The predicted molar refractivity (Wildman–Crippen MR) is 104 cm³/mol. The van der Waals surface area contributed by atoms with Crippen LogP contribution in [0.15, 0.2) is 34.6 Å². The second-order valence-corrected chi connectivity index (χ2v) is 6.29. The molecular formula is C19H22F3N5O3. The number of oxime groups is 2. The summed E-state index contributed by atoms with van der Waals surface area (Å²) in [6.07, 6.45) is -4.55. The minimum Gasteiger partial charge on any atom is -0.398 e. The maximum absolute atomic E-state index is 12.8. The topological polar surface area (TPSA) is 90.1 Å². The van der Waals surface area contributed by atoms with Gasteiger partial charge in [0.05, 0.1) is 5.69 Å². The summed E-state index contributed by atoms with van der Waals surface area (Å²) < 4.78 is 39.6. The van der Waals surface area contributed by atoms with Crippen molar-refractivity contribution in [2.45, 2.75) is 26.6 Å². The molecule has 162 valence electrons. The summed E-state index contributed by atoms with van der Waals surface area (Å²) in [5.41, 5.74) is 1.37. The lowest BCUT2D eigenvalue weighted by Gasteiger charge is -2.13. The second kappa shape index (κ2) is 9.42. The zero-order valence-electron chi connectivity index (χ0n) is 17.2. The van der Waals surface area contributed by atoms with E-state index in [4.69, 9.17) is 9.68 Å². The van der Waals surface area contributed by atoms with Crippen LogP contribution >= 0.6 is 0 Å². The number of hydrogen-bond acceptors (Lipinski definition) is 6. The summed E-state index contributed by atoms with van der Waals surface area (Å²) in [6.45, 7) is 3.30. The molecule has 0 bridgehead atoms. The zero-order valence-corrected chi connectivity index (χ0v) is 17.2. The van der Waals surface area contributed by atoms with Crippen LogP contribution in [0.2, 0.25) is 0 Å². The van der Waals surface area contributed by atoms with Gasteiger partial charge in [0.25, 0.3) is 5.91 Å². The smallest absolute Gasteiger partial charge is 0.398 e. The third-order valence-corrected chi connectivity index (χ3v) is 4.24. The Morgan fingerprint density at radius 2 is 2.00 bits per heavy atom. The molecule has 1 amide bonds. The highest BCUT2D eigenvalue weighted by Crippen LogP contribution is 2.28. The van der Waals surface area contributed by atoms with Gasteiger partial charge in [-0.15, -0.1) is 0 Å². The molecule has 30 heavy (non-hydrogen) atoms. The molecule has 0 atom stereocenters. The summed E-state index contributed by atoms with van der Waals surface area (Å²) in [5, 5.41) is 13.6. The lowest BCUT2D eigenvalue weighted by atomic mass is 9.98. The van der Waals surface area contributed by atoms with Crippen molar-refractivity contribution in [3.8, 4) is 0 Å². The molecule has 0 unspecified atom stereocenters. The van der Waals surface area contributed by atoms with Gasteiger partial charge in [0, 0.05) is 25.2 Å². The number of likely N-dealkylation sites (N-methyl/N-ethyl adjacent to an activating group) is 1. The van der Waals surface area contributed by atoms with E-state index in [2.05, 4.69) is 20.7 Å². The van der Waals surface area contributed by atoms with E-state index < -0.39 is 17.8 Å². The first-order chi connectivity index (χ1) is 14.1. The second-order valence-electron chi connectivity index (χ2n) is 6.29. The lowest BCUT2D eigenvalue weighted by molar-refractivity contribution is -0.141. The number of alkyl halides is 3. The molecule has 2 rings (SSSR count). The van der Waals surface area contributed by atoms with Gasteiger partial charge in [0.1, 0.15) is 19.4 Å². The first kappa shape index (κ1) is 22.9. The Kier molecular flexibility index (Phi) is 7.19. The van der Waals surface area contributed by atoms with Crippen LogP contribution in [0.4, 0.5) is 13.2 Å². The van der Waals surface area contributed by atoms with Crippen LogP contribution in [0.1, 0.15) is 35.0 Å². The van der Waals surface area contributed by atoms with Gasteiger partial charge < -0.3 is 15.0 Å². The van der Waals surface area contributed by atoms with Gasteiger partial charge in [-0.1, -0.05) is 28.5 Å². The maximum atomic E-state index is 12.8. The highest BCUT2D eigenvalue weighted by molar-refractivity contribution is 6.45. The number of hydrogen-bond donors (Lipinski definition) is 1. The minimum absolute atomic E-state index is 0.0386. The Morgan fingerprint density at radius 1 is 1.30 bits per heavy atom. The van der Waals surface area contributed by atoms with Crippen LogP contribution in [0, 0.1) is 6.92 Å². The van der Waals surface area contributed by atoms with E-state index in [0.717, 1.165) is 16.3 Å². The molecule has 0 saturated heterocycles. The Balaban J connectivity index is 2.29. The molecule has 0 aliphatic heterocycles. The third-order valence-electron chi connectivity index (χ3n) is 4.24. The summed E-state index contributed by atoms with van der Waals surface area (Å²) in [6, 6.07) is 6.16. The highest BCUT2D eigenvalue weighted by Gasteiger charge is 2.34. The summed E-state index contributed by atoms with van der Waals surface area (Å²) >= 11 is 0. The number of carbonyl (C=O) groups excluding carboxylic acids is 1. The van der Waals surface area contributed by atoms with Crippen LogP contribution in [0.3, 0.4) is 0 Å². The first-order valence-electron chi connectivity index (χ1n) is 8.80. The maximum Gasteiger partial charge on any atom is 0.435 e. The molecule has 0 fully saturated rings. The molecule has 1 heterocycles. The quantitative estimate of drug-likeness (QED) is 0.546. The molecule has 0 aliphatic carbocycles. The Labute approximate surface area is 171 Å². The van der Waals surface area contributed by atoms with Crippen molar-refractivity contribution < 1.29 is 27.6 Å². The van der Waals surface area contributed by atoms with Gasteiger partial charge in [-0.25, -0.2) is 0 Å². The molecule has 0 saturated carbocycles. The molecule has 0 aliphatic rings. The lowest BCUT2D eigenvalue weighted by Crippen LogP contribution is -2.29. The van der Waals surface area contributed by atoms with E-state index in [9.17, 15) is 18.0 Å². The average molecular weight is 425 g/mol. The third kappa shape index (κ3) is 5.16. The Bertz CT molecular complexity index is 980. The fourth-order valence-electron chi connectivity index (χ4n) is 2.72. The van der Waals surface area contributed by atoms with Crippen molar-refractivity contribution in [1.82, 2.24) is 15.1 Å². The normalized spacial score (nSPS) is 12.7. The van der Waals surface area contributed by atoms with Gasteiger partial charge in [-0.05, 0) is 25.5 Å². The van der Waals surface area contributed by atoms with Crippen LogP contribution in [-0.2, 0) is 34.3 Å². The van der Waals surface area contributed by atoms with Crippen molar-refractivity contribution in [2.24, 2.45) is 17.4 Å². The molecule has 8 nitrogen and oxygen atoms in total. The van der Waals surface area contributed by atoms with Gasteiger partial charge in [0.2, 0.25) is 0 Å². The van der Waals surface area contributed by atoms with Gasteiger partial charge in [-0.3, -0.25) is 9.48 Å². The summed E-state index contributed by atoms with van der Waals surface area (Å²) in [7, 11) is 4.18. The monoisotopic (exact) mass is 425 g/mol. The van der Waals surface area contributed by atoms with Crippen molar-refractivity contribution in [1.29, 1.82) is 0 Å². The molecule has 1 aromatic heterocycles. The minimum atomic E-state index is -4.55. The average Bonchev–Trinajstić information content (AvgIpc) is 3.09. The number of nitrogens with zero attached hydrogens (tertiary/aromatic N) is 4. The number of rotatable bonds is 7. The van der Waals surface area contributed by atoms with Gasteiger partial charge in [0.15, 0.2) is 11.4 Å². The zero-order chi connectivity index (χ0) is 22.5. The van der Waals surface area contributed by atoms with E-state index in [1.54, 1.807) is 12.1 Å². The van der Waals surface area contributed by atoms with E-state index in [1.165, 1.54) is 28.1 Å². The van der Waals surface area contributed by atoms with Crippen LogP contribution in [-0.4, -0.2) is 41.3 Å². The Morgan fingerprint density at radius 3 is 2.57 bits per heavy atom. The summed E-state index contributed by atoms with van der Waals surface area (Å²) in [5.74, 6) is -0.446. The highest BCUT2D eigenvalue weighted by atomic mass is 19.4. The first-order valence-corrected chi connectivity index (χ1v) is 8.80. The fraction of sp³-hybridized carbons (Fsp3) is 0.368. The number of carbonyl (C=O) groups is 1. The molecule has 0 spiro atoms. The number of nitrogens with one attached hydrogen (secondary N) is 1. The van der Waals surface area contributed by atoms with Crippen LogP contribution in [0.25, 0.3) is 0 Å². The molecule has 1 N–H and O–H groups in total. The SMILES string of the molecule is CNC(=O)/C(=N/OC)c1cccc(C)c1CO/N=C(\C)c1cc(C(F)(F)F)nn1C. The Hall–Kier alpha value is -3.37. The van der Waals surface area contributed by atoms with Crippen molar-refractivity contribution in [3.05, 3.63) is 52.3 Å². The van der Waals surface area contributed by atoms with Crippen molar-refractivity contribution >= 4 is 17.3 Å². The van der Waals surface area contributed by atoms with E-state index >= 15 is 0 Å². The van der Waals surface area contributed by atoms with E-state index in [1.807, 2.05) is 13.0 Å². The number of aromatic nitrogens is 2. The van der Waals surface area contributed by atoms with Crippen molar-refractivity contribution in [2.75, 3.05) is 14.2 Å². The van der Waals surface area contributed by atoms with Crippen LogP contribution < -0.4 is 5.32 Å². The van der Waals surface area contributed by atoms with Gasteiger partial charge >= 0.3 is 6.18 Å². The van der Waals surface area contributed by atoms with Crippen molar-refractivity contribution in [3.63, 3.8) is 0 Å².